The Morgan fingerprint density at radius 1 is 1.21 bits per heavy atom. The molecule has 1 saturated heterocycles. The molecule has 0 bridgehead atoms. The van der Waals surface area contributed by atoms with Gasteiger partial charge in [-0.3, -0.25) is 14.4 Å². The van der Waals surface area contributed by atoms with E-state index in [0.717, 1.165) is 0 Å². The van der Waals surface area contributed by atoms with E-state index < -0.39 is 5.82 Å². The molecule has 2 heterocycles. The SMILES string of the molecule is CN(CC(=O)Nc1cccc(F)c1)C(=O)C1CCN(C(=O)c2cccs2)CC1. The lowest BCUT2D eigenvalue weighted by atomic mass is 9.95. The van der Waals surface area contributed by atoms with Gasteiger partial charge in [-0.1, -0.05) is 12.1 Å². The van der Waals surface area contributed by atoms with Gasteiger partial charge in [-0.2, -0.15) is 0 Å². The third-order valence-electron chi connectivity index (χ3n) is 4.73. The molecular weight excluding hydrogens is 381 g/mol. The van der Waals surface area contributed by atoms with Crippen LogP contribution in [0.3, 0.4) is 0 Å². The van der Waals surface area contributed by atoms with Crippen molar-refractivity contribution in [2.45, 2.75) is 12.8 Å². The summed E-state index contributed by atoms with van der Waals surface area (Å²) in [6.07, 6.45) is 1.15. The van der Waals surface area contributed by atoms with Crippen LogP contribution in [-0.4, -0.2) is 54.2 Å². The van der Waals surface area contributed by atoms with Crippen molar-refractivity contribution in [2.75, 3.05) is 32.0 Å². The molecule has 1 aliphatic rings. The number of rotatable bonds is 5. The average Bonchev–Trinajstić information content (AvgIpc) is 3.21. The Morgan fingerprint density at radius 2 is 1.96 bits per heavy atom. The number of carbonyl (C=O) groups is 3. The van der Waals surface area contributed by atoms with Crippen LogP contribution in [0.25, 0.3) is 0 Å². The topological polar surface area (TPSA) is 69.7 Å². The van der Waals surface area contributed by atoms with E-state index in [1.807, 2.05) is 11.4 Å². The molecule has 0 aliphatic carbocycles. The number of hydrogen-bond acceptors (Lipinski definition) is 4. The first-order valence-electron chi connectivity index (χ1n) is 9.07. The standard InChI is InChI=1S/C20H22FN3O3S/c1-23(13-18(25)22-16-5-2-4-15(21)12-16)19(26)14-7-9-24(10-8-14)20(27)17-6-3-11-28-17/h2-6,11-12,14H,7-10,13H2,1H3,(H,22,25). The Labute approximate surface area is 166 Å². The summed E-state index contributed by atoms with van der Waals surface area (Å²) < 4.78 is 13.2. The summed E-state index contributed by atoms with van der Waals surface area (Å²) in [4.78, 5) is 41.0. The number of hydrogen-bond donors (Lipinski definition) is 1. The Bertz CT molecular complexity index is 848. The summed E-state index contributed by atoms with van der Waals surface area (Å²) in [5.74, 6) is -1.14. The predicted molar refractivity (Wildman–Crippen MR) is 106 cm³/mol. The second kappa shape index (κ2) is 8.97. The third kappa shape index (κ3) is 4.95. The van der Waals surface area contributed by atoms with Crippen LogP contribution in [0.5, 0.6) is 0 Å². The molecule has 1 aromatic carbocycles. The van der Waals surface area contributed by atoms with Crippen LogP contribution in [0.4, 0.5) is 10.1 Å². The molecule has 0 atom stereocenters. The highest BCUT2D eigenvalue weighted by Crippen LogP contribution is 2.22. The molecule has 3 amide bonds. The Morgan fingerprint density at radius 3 is 2.61 bits per heavy atom. The Kier molecular flexibility index (Phi) is 6.41. The molecule has 28 heavy (non-hydrogen) atoms. The minimum absolute atomic E-state index is 0.00345. The summed E-state index contributed by atoms with van der Waals surface area (Å²) >= 11 is 1.41. The fraction of sp³-hybridized carbons (Fsp3) is 0.350. The number of halogens is 1. The van der Waals surface area contributed by atoms with Gasteiger partial charge in [0, 0.05) is 31.7 Å². The van der Waals surface area contributed by atoms with E-state index in [1.165, 1.54) is 34.4 Å². The number of nitrogens with zero attached hydrogens (tertiary/aromatic N) is 2. The molecule has 148 valence electrons. The fourth-order valence-corrected chi connectivity index (χ4v) is 3.95. The normalized spacial score (nSPS) is 14.6. The van der Waals surface area contributed by atoms with Gasteiger partial charge in [-0.15, -0.1) is 11.3 Å². The summed E-state index contributed by atoms with van der Waals surface area (Å²) in [6, 6.07) is 9.25. The zero-order valence-electron chi connectivity index (χ0n) is 15.6. The highest BCUT2D eigenvalue weighted by atomic mass is 32.1. The zero-order valence-corrected chi connectivity index (χ0v) is 16.4. The molecule has 2 aromatic rings. The lowest BCUT2D eigenvalue weighted by Crippen LogP contribution is -2.44. The molecule has 6 nitrogen and oxygen atoms in total. The van der Waals surface area contributed by atoms with Crippen LogP contribution in [0.2, 0.25) is 0 Å². The van der Waals surface area contributed by atoms with E-state index in [-0.39, 0.29) is 30.2 Å². The van der Waals surface area contributed by atoms with Crippen LogP contribution in [0.1, 0.15) is 22.5 Å². The van der Waals surface area contributed by atoms with Gasteiger partial charge in [0.25, 0.3) is 5.91 Å². The van der Waals surface area contributed by atoms with Crippen molar-refractivity contribution < 1.29 is 18.8 Å². The number of likely N-dealkylation sites (N-methyl/N-ethyl adjacent to an activating group) is 1. The number of anilines is 1. The molecule has 0 spiro atoms. The highest BCUT2D eigenvalue weighted by Gasteiger charge is 2.30. The monoisotopic (exact) mass is 403 g/mol. The molecule has 1 aliphatic heterocycles. The number of carbonyl (C=O) groups excluding carboxylic acids is 3. The number of likely N-dealkylation sites (tertiary alicyclic amines) is 1. The van der Waals surface area contributed by atoms with E-state index in [0.29, 0.717) is 36.5 Å². The van der Waals surface area contributed by atoms with Crippen LogP contribution in [-0.2, 0) is 9.59 Å². The van der Waals surface area contributed by atoms with Crippen molar-refractivity contribution in [1.29, 1.82) is 0 Å². The van der Waals surface area contributed by atoms with Crippen molar-refractivity contribution in [2.24, 2.45) is 5.92 Å². The molecule has 0 saturated carbocycles. The highest BCUT2D eigenvalue weighted by molar-refractivity contribution is 7.12. The van der Waals surface area contributed by atoms with Gasteiger partial charge in [0.05, 0.1) is 11.4 Å². The van der Waals surface area contributed by atoms with E-state index >= 15 is 0 Å². The second-order valence-electron chi connectivity index (χ2n) is 6.80. The van der Waals surface area contributed by atoms with E-state index in [2.05, 4.69) is 5.32 Å². The van der Waals surface area contributed by atoms with Crippen LogP contribution in [0, 0.1) is 11.7 Å². The van der Waals surface area contributed by atoms with Crippen molar-refractivity contribution >= 4 is 34.7 Å². The summed E-state index contributed by atoms with van der Waals surface area (Å²) in [7, 11) is 1.58. The molecule has 1 fully saturated rings. The third-order valence-corrected chi connectivity index (χ3v) is 5.59. The molecule has 0 radical (unpaired) electrons. The average molecular weight is 403 g/mol. The van der Waals surface area contributed by atoms with Crippen molar-refractivity contribution in [3.05, 3.63) is 52.5 Å². The molecule has 1 aromatic heterocycles. The predicted octanol–water partition coefficient (Wildman–Crippen LogP) is 2.84. The number of nitrogens with one attached hydrogen (secondary N) is 1. The lowest BCUT2D eigenvalue weighted by molar-refractivity contribution is -0.138. The maximum Gasteiger partial charge on any atom is 0.263 e. The fourth-order valence-electron chi connectivity index (χ4n) is 3.26. The van der Waals surface area contributed by atoms with Gasteiger partial charge in [-0.25, -0.2) is 4.39 Å². The Balaban J connectivity index is 1.47. The van der Waals surface area contributed by atoms with E-state index in [9.17, 15) is 18.8 Å². The largest absolute Gasteiger partial charge is 0.338 e. The first kappa shape index (κ1) is 20.0. The maximum atomic E-state index is 13.2. The summed E-state index contributed by atoms with van der Waals surface area (Å²) in [6.45, 7) is 0.941. The number of amides is 3. The number of piperidine rings is 1. The maximum absolute atomic E-state index is 13.2. The first-order chi connectivity index (χ1) is 13.4. The quantitative estimate of drug-likeness (QED) is 0.835. The minimum Gasteiger partial charge on any atom is -0.338 e. The smallest absolute Gasteiger partial charge is 0.263 e. The first-order valence-corrected chi connectivity index (χ1v) is 9.95. The lowest BCUT2D eigenvalue weighted by Gasteiger charge is -2.32. The van der Waals surface area contributed by atoms with Gasteiger partial charge in [0.15, 0.2) is 0 Å². The second-order valence-corrected chi connectivity index (χ2v) is 7.74. The molecule has 8 heteroatoms. The van der Waals surface area contributed by atoms with Gasteiger partial charge < -0.3 is 15.1 Å². The number of thiophene rings is 1. The van der Waals surface area contributed by atoms with Crippen molar-refractivity contribution in [3.63, 3.8) is 0 Å². The van der Waals surface area contributed by atoms with Crippen LogP contribution in [0.15, 0.2) is 41.8 Å². The summed E-state index contributed by atoms with van der Waals surface area (Å²) in [5, 5.41) is 4.45. The molecule has 0 unspecified atom stereocenters. The minimum atomic E-state index is -0.439. The van der Waals surface area contributed by atoms with E-state index in [1.54, 1.807) is 24.1 Å². The van der Waals surface area contributed by atoms with Crippen molar-refractivity contribution in [1.82, 2.24) is 9.80 Å². The zero-order chi connectivity index (χ0) is 20.1. The van der Waals surface area contributed by atoms with Gasteiger partial charge in [0.2, 0.25) is 11.8 Å². The van der Waals surface area contributed by atoms with Gasteiger partial charge >= 0.3 is 0 Å². The Hall–Kier alpha value is -2.74. The molecule has 3 rings (SSSR count). The van der Waals surface area contributed by atoms with E-state index in [4.69, 9.17) is 0 Å². The van der Waals surface area contributed by atoms with Crippen LogP contribution < -0.4 is 5.32 Å². The van der Waals surface area contributed by atoms with Crippen LogP contribution >= 0.6 is 11.3 Å². The van der Waals surface area contributed by atoms with Gasteiger partial charge in [-0.05, 0) is 42.5 Å². The summed E-state index contributed by atoms with van der Waals surface area (Å²) in [5.41, 5.74) is 0.353. The molecular formula is C20H22FN3O3S. The van der Waals surface area contributed by atoms with Crippen molar-refractivity contribution in [3.8, 4) is 0 Å². The molecule has 1 N–H and O–H groups in total. The number of benzene rings is 1. The van der Waals surface area contributed by atoms with Gasteiger partial charge in [0.1, 0.15) is 5.82 Å².